The fraction of sp³-hybridized carbons (Fsp3) is 0.541. The Morgan fingerprint density at radius 1 is 0.951 bits per heavy atom. The van der Waals surface area contributed by atoms with E-state index in [4.69, 9.17) is 14.6 Å². The van der Waals surface area contributed by atoms with Crippen LogP contribution in [0.15, 0.2) is 61.2 Å². The molecule has 0 spiro atoms. The number of rotatable bonds is 15. The third kappa shape index (κ3) is 9.33. The number of carbonyl (C=O) groups excluding carboxylic acids is 1. The molecule has 4 rings (SSSR count). The van der Waals surface area contributed by atoms with Crippen LogP contribution in [-0.2, 0) is 16.0 Å². The van der Waals surface area contributed by atoms with Crippen LogP contribution in [0, 0.1) is 17.8 Å². The van der Waals surface area contributed by atoms with Crippen molar-refractivity contribution < 1.29 is 19.4 Å². The van der Waals surface area contributed by atoms with Gasteiger partial charge in [-0.2, -0.15) is 0 Å². The van der Waals surface area contributed by atoms with E-state index in [1.807, 2.05) is 12.1 Å². The van der Waals surface area contributed by atoms with Crippen molar-refractivity contribution in [1.29, 1.82) is 0 Å². The van der Waals surface area contributed by atoms with Crippen LogP contribution in [0.2, 0.25) is 0 Å². The van der Waals surface area contributed by atoms with Gasteiger partial charge >= 0.3 is 5.97 Å². The molecular weight excluding hydrogens is 508 g/mol. The van der Waals surface area contributed by atoms with Gasteiger partial charge in [0.05, 0.1) is 13.2 Å². The summed E-state index contributed by atoms with van der Waals surface area (Å²) in [5.74, 6) is 3.12. The summed E-state index contributed by atoms with van der Waals surface area (Å²) >= 11 is 0. The molecule has 1 saturated carbocycles. The van der Waals surface area contributed by atoms with Crippen LogP contribution < -0.4 is 4.74 Å². The Morgan fingerprint density at radius 2 is 1.73 bits per heavy atom. The summed E-state index contributed by atoms with van der Waals surface area (Å²) < 4.78 is 10.8. The second-order valence-electron chi connectivity index (χ2n) is 12.0. The molecule has 4 heteroatoms. The van der Waals surface area contributed by atoms with Crippen molar-refractivity contribution in [3.63, 3.8) is 0 Å². The molecule has 1 fully saturated rings. The molecule has 2 aliphatic rings. The van der Waals surface area contributed by atoms with E-state index in [1.165, 1.54) is 92.5 Å². The molecule has 1 N–H and O–H groups in total. The third-order valence-electron chi connectivity index (χ3n) is 9.23. The molecule has 0 saturated heterocycles. The quantitative estimate of drug-likeness (QED) is 0.135. The minimum atomic E-state index is -0.371. The molecule has 2 aromatic carbocycles. The number of hydrogen-bond donors (Lipinski definition) is 1. The van der Waals surface area contributed by atoms with Gasteiger partial charge in [0, 0.05) is 6.08 Å². The first kappa shape index (κ1) is 31.1. The predicted molar refractivity (Wildman–Crippen MR) is 169 cm³/mol. The summed E-state index contributed by atoms with van der Waals surface area (Å²) in [5.41, 5.74) is 6.41. The Morgan fingerprint density at radius 3 is 2.41 bits per heavy atom. The first-order chi connectivity index (χ1) is 20.1. The van der Waals surface area contributed by atoms with Crippen LogP contribution in [0.5, 0.6) is 5.75 Å². The van der Waals surface area contributed by atoms with Crippen molar-refractivity contribution >= 4 is 11.5 Å². The van der Waals surface area contributed by atoms with Gasteiger partial charge in [0.15, 0.2) is 0 Å². The number of aliphatic hydroxyl groups is 1. The molecule has 0 aromatic heterocycles. The van der Waals surface area contributed by atoms with Gasteiger partial charge in [0.2, 0.25) is 0 Å². The zero-order valence-corrected chi connectivity index (χ0v) is 25.1. The molecule has 0 bridgehead atoms. The standard InChI is InChI=1S/C37H50O4/c1-3-5-6-8-28-10-12-29(13-11-28)30-14-16-31(17-15-30)33-20-23-36(32-18-21-35(22-19-32)40-26-24-38)34(27-33)9-7-25-41-37(39)4-2/h4,16,18-23,27-30,38H,2-3,5-15,17,24-26H2,1H3. The molecule has 0 radical (unpaired) electrons. The number of carbonyl (C=O) groups is 1. The first-order valence-electron chi connectivity index (χ1n) is 16.1. The Hall–Kier alpha value is -2.85. The number of ether oxygens (including phenoxy) is 2. The molecular formula is C37H50O4. The van der Waals surface area contributed by atoms with Crippen molar-refractivity contribution in [1.82, 2.24) is 0 Å². The number of unbranched alkanes of at least 4 members (excludes halogenated alkanes) is 2. The topological polar surface area (TPSA) is 55.8 Å². The van der Waals surface area contributed by atoms with Crippen LogP contribution in [0.25, 0.3) is 16.7 Å². The molecule has 41 heavy (non-hydrogen) atoms. The van der Waals surface area contributed by atoms with Crippen molar-refractivity contribution in [3.05, 3.63) is 72.3 Å². The molecule has 0 amide bonds. The Kier molecular flexibility index (Phi) is 12.6. The Bertz CT molecular complexity index is 1120. The average Bonchev–Trinajstić information content (AvgIpc) is 3.03. The van der Waals surface area contributed by atoms with Gasteiger partial charge in [-0.05, 0) is 103 Å². The summed E-state index contributed by atoms with van der Waals surface area (Å²) in [6.45, 7) is 6.46. The van der Waals surface area contributed by atoms with E-state index in [-0.39, 0.29) is 12.6 Å². The van der Waals surface area contributed by atoms with Crippen LogP contribution in [0.4, 0.5) is 0 Å². The third-order valence-corrected chi connectivity index (χ3v) is 9.23. The lowest BCUT2D eigenvalue weighted by Crippen LogP contribution is -2.23. The van der Waals surface area contributed by atoms with Crippen molar-refractivity contribution in [2.24, 2.45) is 17.8 Å². The lowest BCUT2D eigenvalue weighted by Gasteiger charge is -2.35. The number of benzene rings is 2. The van der Waals surface area contributed by atoms with Crippen LogP contribution >= 0.6 is 0 Å². The number of hydrogen-bond acceptors (Lipinski definition) is 4. The molecule has 0 aliphatic heterocycles. The summed E-state index contributed by atoms with van der Waals surface area (Å²) in [6.07, 6.45) is 20.4. The van der Waals surface area contributed by atoms with Gasteiger partial charge in [-0.15, -0.1) is 0 Å². The fourth-order valence-electron chi connectivity index (χ4n) is 6.85. The lowest BCUT2D eigenvalue weighted by molar-refractivity contribution is -0.137. The minimum absolute atomic E-state index is 0.000629. The first-order valence-corrected chi connectivity index (χ1v) is 16.1. The molecule has 1 atom stereocenters. The summed E-state index contributed by atoms with van der Waals surface area (Å²) in [4.78, 5) is 11.5. The van der Waals surface area contributed by atoms with Crippen LogP contribution in [0.1, 0.15) is 95.1 Å². The second kappa shape index (κ2) is 16.6. The molecule has 2 aromatic rings. The highest BCUT2D eigenvalue weighted by Gasteiger charge is 2.28. The van der Waals surface area contributed by atoms with Gasteiger partial charge in [0.25, 0.3) is 0 Å². The molecule has 222 valence electrons. The maximum absolute atomic E-state index is 11.5. The number of aliphatic hydroxyl groups excluding tert-OH is 1. The van der Waals surface area contributed by atoms with Crippen molar-refractivity contribution in [2.45, 2.75) is 90.4 Å². The van der Waals surface area contributed by atoms with Gasteiger partial charge in [-0.3, -0.25) is 0 Å². The number of esters is 1. The van der Waals surface area contributed by atoms with E-state index in [1.54, 1.807) is 0 Å². The SMILES string of the molecule is C=CC(=O)OCCCc1cc(C2=CCC(C3CCC(CCCCC)CC3)CC2)ccc1-c1ccc(OCCO)cc1. The molecule has 2 aliphatic carbocycles. The van der Waals surface area contributed by atoms with E-state index in [2.05, 4.69) is 49.9 Å². The highest BCUT2D eigenvalue weighted by molar-refractivity contribution is 5.81. The van der Waals surface area contributed by atoms with Crippen molar-refractivity contribution in [3.8, 4) is 16.9 Å². The molecule has 0 heterocycles. The van der Waals surface area contributed by atoms with Crippen LogP contribution in [-0.4, -0.2) is 30.9 Å². The van der Waals surface area contributed by atoms with Gasteiger partial charge < -0.3 is 14.6 Å². The summed E-state index contributed by atoms with van der Waals surface area (Å²) in [7, 11) is 0. The highest BCUT2D eigenvalue weighted by atomic mass is 16.5. The highest BCUT2D eigenvalue weighted by Crippen LogP contribution is 2.42. The smallest absolute Gasteiger partial charge is 0.330 e. The summed E-state index contributed by atoms with van der Waals surface area (Å²) in [5, 5.41) is 9.04. The van der Waals surface area contributed by atoms with E-state index >= 15 is 0 Å². The zero-order chi connectivity index (χ0) is 28.9. The van der Waals surface area contributed by atoms with Gasteiger partial charge in [-0.25, -0.2) is 4.79 Å². The largest absolute Gasteiger partial charge is 0.491 e. The number of aryl methyl sites for hydroxylation is 1. The lowest BCUT2D eigenvalue weighted by atomic mass is 9.70. The minimum Gasteiger partial charge on any atom is -0.491 e. The Labute approximate surface area is 247 Å². The average molecular weight is 559 g/mol. The normalized spacial score (nSPS) is 20.7. The van der Waals surface area contributed by atoms with E-state index in [9.17, 15) is 4.79 Å². The Balaban J connectivity index is 1.41. The van der Waals surface area contributed by atoms with Gasteiger partial charge in [0.1, 0.15) is 12.4 Å². The maximum Gasteiger partial charge on any atom is 0.330 e. The van der Waals surface area contributed by atoms with E-state index in [0.29, 0.717) is 13.2 Å². The molecule has 4 nitrogen and oxygen atoms in total. The zero-order valence-electron chi connectivity index (χ0n) is 25.1. The van der Waals surface area contributed by atoms with E-state index < -0.39 is 0 Å². The molecule has 1 unspecified atom stereocenters. The van der Waals surface area contributed by atoms with E-state index in [0.717, 1.165) is 48.3 Å². The summed E-state index contributed by atoms with van der Waals surface area (Å²) in [6, 6.07) is 14.9. The fourth-order valence-corrected chi connectivity index (χ4v) is 6.85. The predicted octanol–water partition coefficient (Wildman–Crippen LogP) is 8.96. The maximum atomic E-state index is 11.5. The monoisotopic (exact) mass is 558 g/mol. The van der Waals surface area contributed by atoms with Gasteiger partial charge in [-0.1, -0.05) is 88.4 Å². The number of allylic oxidation sites excluding steroid dienone is 2. The van der Waals surface area contributed by atoms with Crippen LogP contribution in [0.3, 0.4) is 0 Å². The second-order valence-corrected chi connectivity index (χ2v) is 12.0. The van der Waals surface area contributed by atoms with Crippen molar-refractivity contribution in [2.75, 3.05) is 19.8 Å².